The number of hydrogen-bond donors (Lipinski definition) is 2. The molecule has 1 unspecified atom stereocenters. The smallest absolute Gasteiger partial charge is 0.313 e. The van der Waals surface area contributed by atoms with E-state index in [4.69, 9.17) is 25.8 Å². The highest BCUT2D eigenvalue weighted by molar-refractivity contribution is 7.75. The summed E-state index contributed by atoms with van der Waals surface area (Å²) in [7, 11) is -0.273. The van der Waals surface area contributed by atoms with E-state index in [0.29, 0.717) is 36.3 Å². The van der Waals surface area contributed by atoms with E-state index in [1.54, 1.807) is 13.2 Å². The summed E-state index contributed by atoms with van der Waals surface area (Å²) in [6.07, 6.45) is 10.7. The van der Waals surface area contributed by atoms with E-state index < -0.39 is 21.9 Å². The average Bonchev–Trinajstić information content (AvgIpc) is 3.91. The number of methoxy groups -OCH3 is 1. The van der Waals surface area contributed by atoms with Gasteiger partial charge in [0.1, 0.15) is 5.75 Å². The van der Waals surface area contributed by atoms with Crippen molar-refractivity contribution in [1.82, 2.24) is 15.5 Å². The third-order valence-electron chi connectivity index (χ3n) is 12.8. The summed E-state index contributed by atoms with van der Waals surface area (Å²) in [5.41, 5.74) is 3.51. The molecular weight excluding hydrogens is 726 g/mol. The fourth-order valence-corrected chi connectivity index (χ4v) is 10.7. The van der Waals surface area contributed by atoms with Gasteiger partial charge >= 0.3 is 6.03 Å². The van der Waals surface area contributed by atoms with Crippen LogP contribution in [0.25, 0.3) is 0 Å². The topological polar surface area (TPSA) is 122 Å². The first-order valence-corrected chi connectivity index (χ1v) is 21.3. The van der Waals surface area contributed by atoms with Gasteiger partial charge in [0.05, 0.1) is 31.6 Å². The third-order valence-corrected chi connectivity index (χ3v) is 14.4. The highest BCUT2D eigenvalue weighted by atomic mass is 35.5. The summed E-state index contributed by atoms with van der Waals surface area (Å²) in [5, 5.41) is 5.91. The molecule has 11 nitrogen and oxygen atoms in total. The summed E-state index contributed by atoms with van der Waals surface area (Å²) in [4.78, 5) is 32.0. The molecule has 8 rings (SSSR count). The van der Waals surface area contributed by atoms with Crippen LogP contribution in [0.15, 0.2) is 52.9 Å². The summed E-state index contributed by atoms with van der Waals surface area (Å²) in [6, 6.07) is 11.4. The van der Waals surface area contributed by atoms with Crippen molar-refractivity contribution in [3.8, 4) is 5.75 Å². The molecule has 2 bridgehead atoms. The molecule has 0 radical (unpaired) electrons. The molecule has 13 heteroatoms. The molecule has 3 fully saturated rings. The van der Waals surface area contributed by atoms with Gasteiger partial charge in [0.15, 0.2) is 0 Å². The summed E-state index contributed by atoms with van der Waals surface area (Å²) < 4.78 is 36.4. The van der Waals surface area contributed by atoms with Gasteiger partial charge in [0, 0.05) is 61.9 Å². The lowest BCUT2D eigenvalue weighted by atomic mass is 9.68. The van der Waals surface area contributed by atoms with Gasteiger partial charge in [0.25, 0.3) is 5.91 Å². The molecule has 292 valence electrons. The maximum absolute atomic E-state index is 14.0. The van der Waals surface area contributed by atoms with Gasteiger partial charge in [-0.05, 0) is 115 Å². The lowest BCUT2D eigenvalue weighted by Crippen LogP contribution is -2.49. The van der Waals surface area contributed by atoms with Crippen molar-refractivity contribution in [2.75, 3.05) is 64.6 Å². The SMILES string of the molecule is CO[C@H]1/C=C/C[C@H](C)C(NC(=O)N[C@H]2C[C@@H]2CN2CCOCC2)[S-](=O)=NC(=O)c2ccc3c(c2)N(C[C@@H]2CC[C@H]21)C[C@@]1(CCCc2cc(Cl)ccc21)CO3. The molecule has 6 aliphatic rings. The monoisotopic (exact) mass is 778 g/mol. The predicted molar refractivity (Wildman–Crippen MR) is 210 cm³/mol. The number of fused-ring (bicyclic) bond motifs is 4. The van der Waals surface area contributed by atoms with Crippen LogP contribution in [-0.4, -0.2) is 94.0 Å². The molecule has 3 aliphatic heterocycles. The van der Waals surface area contributed by atoms with Crippen molar-refractivity contribution in [3.63, 3.8) is 0 Å². The Hall–Kier alpha value is -3.16. The van der Waals surface area contributed by atoms with E-state index in [1.165, 1.54) is 11.1 Å². The molecule has 3 aliphatic carbocycles. The average molecular weight is 779 g/mol. The number of urea groups is 1. The van der Waals surface area contributed by atoms with Gasteiger partial charge in [-0.25, -0.2) is 4.79 Å². The maximum atomic E-state index is 14.0. The molecule has 1 spiro atoms. The van der Waals surface area contributed by atoms with Crippen LogP contribution in [0.3, 0.4) is 0 Å². The Labute approximate surface area is 325 Å². The second kappa shape index (κ2) is 16.1. The summed E-state index contributed by atoms with van der Waals surface area (Å²) in [6.45, 7) is 8.20. The van der Waals surface area contributed by atoms with Crippen molar-refractivity contribution in [2.45, 2.75) is 74.8 Å². The molecular formula is C41H53ClN5O6S-. The number of halogens is 1. The fraction of sp³-hybridized carbons (Fsp3) is 0.610. The number of hydrogen-bond acceptors (Lipinski definition) is 9. The lowest BCUT2D eigenvalue weighted by Gasteiger charge is -2.46. The number of rotatable bonds is 5. The Balaban J connectivity index is 1.07. The molecule has 2 N–H and O–H groups in total. The van der Waals surface area contributed by atoms with Crippen LogP contribution < -0.4 is 20.3 Å². The van der Waals surface area contributed by atoms with Gasteiger partial charge in [0.2, 0.25) is 0 Å². The third kappa shape index (κ3) is 8.05. The van der Waals surface area contributed by atoms with E-state index in [0.717, 1.165) is 101 Å². The van der Waals surface area contributed by atoms with Crippen LogP contribution in [0, 0.1) is 23.7 Å². The quantitative estimate of drug-likeness (QED) is 0.277. The molecule has 3 amide bonds. The molecule has 54 heavy (non-hydrogen) atoms. The first-order valence-electron chi connectivity index (χ1n) is 19.7. The number of benzene rings is 2. The maximum Gasteiger partial charge on any atom is 0.313 e. The van der Waals surface area contributed by atoms with Crippen molar-refractivity contribution in [3.05, 3.63) is 70.3 Å². The van der Waals surface area contributed by atoms with E-state index >= 15 is 0 Å². The van der Waals surface area contributed by atoms with Gasteiger partial charge < -0.3 is 38.3 Å². The van der Waals surface area contributed by atoms with Crippen molar-refractivity contribution in [1.29, 1.82) is 0 Å². The second-order valence-electron chi connectivity index (χ2n) is 16.4. The zero-order chi connectivity index (χ0) is 37.4. The van der Waals surface area contributed by atoms with Gasteiger partial charge in [-0.15, -0.1) is 0 Å². The fourth-order valence-electron chi connectivity index (χ4n) is 9.39. The van der Waals surface area contributed by atoms with Crippen molar-refractivity contribution >= 4 is 39.8 Å². The molecule has 3 heterocycles. The molecule has 2 aromatic carbocycles. The number of carbonyl (C=O) groups excluding carboxylic acids is 2. The summed E-state index contributed by atoms with van der Waals surface area (Å²) >= 11 is 6.47. The Morgan fingerprint density at radius 3 is 2.80 bits per heavy atom. The Kier molecular flexibility index (Phi) is 11.3. The van der Waals surface area contributed by atoms with Crippen molar-refractivity contribution in [2.24, 2.45) is 28.0 Å². The summed E-state index contributed by atoms with van der Waals surface area (Å²) in [5.74, 6) is 0.961. The van der Waals surface area contributed by atoms with E-state index in [9.17, 15) is 13.8 Å². The first-order chi connectivity index (χ1) is 26.2. The largest absolute Gasteiger partial charge is 0.490 e. The van der Waals surface area contributed by atoms with E-state index in [1.807, 2.05) is 25.1 Å². The standard InChI is InChI=1S/C41H53ClN5O6S/c1-26-5-3-7-36(51-2)32-11-8-29(32)23-47-24-41(14-4-6-27-19-31(42)10-12-33(27)41)25-53-37-13-9-28(21-35(37)47)38(48)45-54(50)39(26)44-40(49)43-34-20-30(34)22-46-15-17-52-18-16-46/h3,7,9-10,12-13,19,21,26,29-30,32,34,36,39H,4-6,8,11,14-18,20,22-25H2,1-2H3,(H2,43,44,49)/q-1/b7-3+/t26-,29-,30+,32+,34-,36-,39?,41-/m0/s1. The number of nitrogens with zero attached hydrogens (tertiary/aromatic N) is 3. The van der Waals surface area contributed by atoms with Crippen LogP contribution in [0.2, 0.25) is 5.02 Å². The minimum Gasteiger partial charge on any atom is -0.490 e. The van der Waals surface area contributed by atoms with Crippen molar-refractivity contribution < 1.29 is 28.0 Å². The van der Waals surface area contributed by atoms with Crippen LogP contribution in [0.4, 0.5) is 10.5 Å². The number of morpholine rings is 1. The first kappa shape index (κ1) is 37.7. The second-order valence-corrected chi connectivity index (χ2v) is 18.0. The highest BCUT2D eigenvalue weighted by Crippen LogP contribution is 2.47. The van der Waals surface area contributed by atoms with Crippen LogP contribution >= 0.6 is 11.6 Å². The van der Waals surface area contributed by atoms with Gasteiger partial charge in [-0.2, -0.15) is 10.6 Å². The highest BCUT2D eigenvalue weighted by Gasteiger charge is 2.45. The zero-order valence-electron chi connectivity index (χ0n) is 31.3. The van der Waals surface area contributed by atoms with Crippen LogP contribution in [0.1, 0.15) is 66.9 Å². The normalized spacial score (nSPS) is 33.6. The number of anilines is 1. The van der Waals surface area contributed by atoms with Crippen LogP contribution in [0.5, 0.6) is 5.75 Å². The number of carbonyl (C=O) groups is 2. The molecule has 8 atom stereocenters. The van der Waals surface area contributed by atoms with Gasteiger partial charge in [-0.1, -0.05) is 36.7 Å². The predicted octanol–water partition coefficient (Wildman–Crippen LogP) is 6.08. The molecule has 2 saturated carbocycles. The van der Waals surface area contributed by atoms with Crippen LogP contribution in [-0.2, 0) is 36.1 Å². The van der Waals surface area contributed by atoms with Gasteiger partial charge in [-0.3, -0.25) is 9.69 Å². The molecule has 1 saturated heterocycles. The number of aryl methyl sites for hydroxylation is 1. The lowest BCUT2D eigenvalue weighted by molar-refractivity contribution is 0.0131. The van der Waals surface area contributed by atoms with E-state index in [2.05, 4.69) is 49.1 Å². The number of ether oxygens (including phenoxy) is 3. The minimum absolute atomic E-state index is 0.0582. The van der Waals surface area contributed by atoms with E-state index in [-0.39, 0.29) is 29.5 Å². The molecule has 0 aromatic heterocycles. The zero-order valence-corrected chi connectivity index (χ0v) is 32.9. The Morgan fingerprint density at radius 2 is 2.00 bits per heavy atom. The minimum atomic E-state index is -2.04. The Bertz CT molecular complexity index is 1850. The number of nitrogens with one attached hydrogen (secondary N) is 2. The Morgan fingerprint density at radius 1 is 1.15 bits per heavy atom. The number of amides is 3. The molecule has 2 aromatic rings. The number of allylic oxidation sites excluding steroid dienone is 1.